The number of nitrogens with zero attached hydrogens (tertiary/aromatic N) is 1. The lowest BCUT2D eigenvalue weighted by molar-refractivity contribution is 0.0962. The number of rotatable bonds is 7. The highest BCUT2D eigenvalue weighted by Crippen LogP contribution is 2.23. The number of hydrogen-bond donors (Lipinski definition) is 1. The molecule has 0 atom stereocenters. The first-order valence-corrected chi connectivity index (χ1v) is 7.78. The van der Waals surface area contributed by atoms with Crippen LogP contribution in [0.4, 0.5) is 4.39 Å². The molecule has 0 saturated carbocycles. The number of carbonyl (C=O) groups excluding carboxylic acids is 1. The van der Waals surface area contributed by atoms with E-state index in [1.54, 1.807) is 12.1 Å². The number of halogens is 1. The van der Waals surface area contributed by atoms with Crippen LogP contribution >= 0.6 is 0 Å². The van der Waals surface area contributed by atoms with Gasteiger partial charge in [0.15, 0.2) is 5.82 Å². The van der Waals surface area contributed by atoms with Gasteiger partial charge in [-0.2, -0.15) is 0 Å². The van der Waals surface area contributed by atoms with Gasteiger partial charge >= 0.3 is 0 Å². The number of aryl methyl sites for hydroxylation is 1. The largest absolute Gasteiger partial charge is 0.436 e. The molecule has 0 radical (unpaired) electrons. The van der Waals surface area contributed by atoms with Crippen LogP contribution in [0.5, 0.6) is 11.6 Å². The van der Waals surface area contributed by atoms with Crippen LogP contribution in [0, 0.1) is 5.82 Å². The summed E-state index contributed by atoms with van der Waals surface area (Å²) in [6.45, 7) is 2.17. The first-order chi connectivity index (χ1) is 11.1. The zero-order valence-electron chi connectivity index (χ0n) is 13.4. The molecule has 0 saturated heterocycles. The summed E-state index contributed by atoms with van der Waals surface area (Å²) in [6.07, 6.45) is 5.88. The molecule has 1 amide bonds. The van der Waals surface area contributed by atoms with Crippen LogP contribution in [0.15, 0.2) is 36.5 Å². The number of aromatic nitrogens is 1. The number of hydrogen-bond acceptors (Lipinski definition) is 3. The summed E-state index contributed by atoms with van der Waals surface area (Å²) >= 11 is 0. The first-order valence-electron chi connectivity index (χ1n) is 7.78. The van der Waals surface area contributed by atoms with E-state index < -0.39 is 5.82 Å². The standard InChI is InChI=1S/C18H21FN2O2/c1-3-4-5-6-13-7-9-15(10-8-13)23-18-16(19)11-14(12-21-18)17(22)20-2/h7-12H,3-6H2,1-2H3,(H,20,22). The van der Waals surface area contributed by atoms with E-state index in [9.17, 15) is 9.18 Å². The molecule has 5 heteroatoms. The maximum absolute atomic E-state index is 13.9. The minimum atomic E-state index is -0.668. The Bertz CT molecular complexity index is 657. The van der Waals surface area contributed by atoms with Gasteiger partial charge in [0.05, 0.1) is 5.56 Å². The molecule has 1 aromatic carbocycles. The molecule has 0 aliphatic heterocycles. The molecule has 0 aliphatic carbocycles. The molecule has 1 aromatic heterocycles. The van der Waals surface area contributed by atoms with Crippen molar-refractivity contribution in [3.8, 4) is 11.6 Å². The van der Waals surface area contributed by atoms with Crippen molar-refractivity contribution in [2.45, 2.75) is 32.6 Å². The van der Waals surface area contributed by atoms with E-state index in [1.807, 2.05) is 12.1 Å². The summed E-state index contributed by atoms with van der Waals surface area (Å²) in [4.78, 5) is 15.3. The quantitative estimate of drug-likeness (QED) is 0.782. The van der Waals surface area contributed by atoms with Crippen molar-refractivity contribution in [1.29, 1.82) is 0 Å². The second-order valence-electron chi connectivity index (χ2n) is 5.29. The van der Waals surface area contributed by atoms with Gasteiger partial charge in [0, 0.05) is 13.2 Å². The number of pyridine rings is 1. The Labute approximate surface area is 135 Å². The fourth-order valence-corrected chi connectivity index (χ4v) is 2.18. The van der Waals surface area contributed by atoms with Crippen LogP contribution in [-0.2, 0) is 6.42 Å². The molecule has 0 fully saturated rings. The average molecular weight is 316 g/mol. The predicted octanol–water partition coefficient (Wildman–Crippen LogP) is 4.11. The van der Waals surface area contributed by atoms with Crippen LogP contribution in [0.1, 0.15) is 42.1 Å². The molecule has 1 N–H and O–H groups in total. The number of benzene rings is 1. The third-order valence-corrected chi connectivity index (χ3v) is 3.50. The number of carbonyl (C=O) groups is 1. The van der Waals surface area contributed by atoms with Crippen molar-refractivity contribution in [2.24, 2.45) is 0 Å². The van der Waals surface area contributed by atoms with E-state index in [4.69, 9.17) is 4.74 Å². The van der Waals surface area contributed by atoms with Gasteiger partial charge in [-0.05, 0) is 36.6 Å². The van der Waals surface area contributed by atoms with Crippen LogP contribution in [0.3, 0.4) is 0 Å². The Balaban J connectivity index is 2.03. The SMILES string of the molecule is CCCCCc1ccc(Oc2ncc(C(=O)NC)cc2F)cc1. The molecular weight excluding hydrogens is 295 g/mol. The van der Waals surface area contributed by atoms with E-state index in [1.165, 1.54) is 31.6 Å². The normalized spacial score (nSPS) is 10.4. The first kappa shape index (κ1) is 16.9. The van der Waals surface area contributed by atoms with Gasteiger partial charge in [-0.3, -0.25) is 4.79 Å². The molecular formula is C18H21FN2O2. The summed E-state index contributed by atoms with van der Waals surface area (Å²) in [6, 6.07) is 8.66. The van der Waals surface area contributed by atoms with Gasteiger partial charge in [0.25, 0.3) is 11.8 Å². The number of unbranched alkanes of at least 4 members (excludes halogenated alkanes) is 2. The number of nitrogens with one attached hydrogen (secondary N) is 1. The van der Waals surface area contributed by atoms with E-state index in [0.717, 1.165) is 18.9 Å². The van der Waals surface area contributed by atoms with Gasteiger partial charge in [-0.1, -0.05) is 31.9 Å². The molecule has 0 bridgehead atoms. The van der Waals surface area contributed by atoms with Crippen molar-refractivity contribution in [3.63, 3.8) is 0 Å². The summed E-state index contributed by atoms with van der Waals surface area (Å²) in [5.41, 5.74) is 1.39. The highest BCUT2D eigenvalue weighted by atomic mass is 19.1. The molecule has 1 heterocycles. The highest BCUT2D eigenvalue weighted by molar-refractivity contribution is 5.93. The second-order valence-corrected chi connectivity index (χ2v) is 5.29. The van der Waals surface area contributed by atoms with Crippen LogP contribution in [0.2, 0.25) is 0 Å². The lowest BCUT2D eigenvalue weighted by Crippen LogP contribution is -2.18. The Morgan fingerprint density at radius 3 is 2.61 bits per heavy atom. The Morgan fingerprint density at radius 2 is 2.00 bits per heavy atom. The van der Waals surface area contributed by atoms with Gasteiger partial charge in [0.2, 0.25) is 0 Å². The summed E-state index contributed by atoms with van der Waals surface area (Å²) in [7, 11) is 1.48. The Kier molecular flexibility index (Phi) is 6.09. The lowest BCUT2D eigenvalue weighted by atomic mass is 10.1. The molecule has 4 nitrogen and oxygen atoms in total. The zero-order chi connectivity index (χ0) is 16.7. The highest BCUT2D eigenvalue weighted by Gasteiger charge is 2.11. The monoisotopic (exact) mass is 316 g/mol. The van der Waals surface area contributed by atoms with Crippen molar-refractivity contribution in [1.82, 2.24) is 10.3 Å². The molecule has 0 unspecified atom stereocenters. The summed E-state index contributed by atoms with van der Waals surface area (Å²) in [5, 5.41) is 2.42. The van der Waals surface area contributed by atoms with Crippen molar-refractivity contribution in [3.05, 3.63) is 53.5 Å². The maximum Gasteiger partial charge on any atom is 0.255 e. The lowest BCUT2D eigenvalue weighted by Gasteiger charge is -2.08. The Hall–Kier alpha value is -2.43. The Morgan fingerprint density at radius 1 is 1.26 bits per heavy atom. The summed E-state index contributed by atoms with van der Waals surface area (Å²) < 4.78 is 19.4. The smallest absolute Gasteiger partial charge is 0.255 e. The maximum atomic E-state index is 13.9. The molecule has 23 heavy (non-hydrogen) atoms. The van der Waals surface area contributed by atoms with Crippen LogP contribution < -0.4 is 10.1 Å². The fraction of sp³-hybridized carbons (Fsp3) is 0.333. The molecule has 0 aliphatic rings. The molecule has 2 aromatic rings. The number of amides is 1. The second kappa shape index (κ2) is 8.27. The van der Waals surface area contributed by atoms with Gasteiger partial charge in [0.1, 0.15) is 5.75 Å². The molecule has 2 rings (SSSR count). The van der Waals surface area contributed by atoms with Gasteiger partial charge < -0.3 is 10.1 Å². The average Bonchev–Trinajstić information content (AvgIpc) is 2.57. The van der Waals surface area contributed by atoms with Crippen LogP contribution in [0.25, 0.3) is 0 Å². The van der Waals surface area contributed by atoms with Gasteiger partial charge in [-0.15, -0.1) is 0 Å². The predicted molar refractivity (Wildman–Crippen MR) is 87.3 cm³/mol. The fourth-order valence-electron chi connectivity index (χ4n) is 2.18. The zero-order valence-corrected chi connectivity index (χ0v) is 13.4. The van der Waals surface area contributed by atoms with Crippen molar-refractivity contribution >= 4 is 5.91 Å². The van der Waals surface area contributed by atoms with Crippen molar-refractivity contribution < 1.29 is 13.9 Å². The third-order valence-electron chi connectivity index (χ3n) is 3.50. The summed E-state index contributed by atoms with van der Waals surface area (Å²) in [5.74, 6) is -0.683. The number of ether oxygens (including phenoxy) is 1. The third kappa shape index (κ3) is 4.77. The topological polar surface area (TPSA) is 51.2 Å². The van der Waals surface area contributed by atoms with E-state index >= 15 is 0 Å². The minimum absolute atomic E-state index is 0.142. The molecule has 122 valence electrons. The van der Waals surface area contributed by atoms with Crippen LogP contribution in [-0.4, -0.2) is 17.9 Å². The van der Waals surface area contributed by atoms with E-state index in [2.05, 4.69) is 17.2 Å². The van der Waals surface area contributed by atoms with Crippen molar-refractivity contribution in [2.75, 3.05) is 7.05 Å². The minimum Gasteiger partial charge on any atom is -0.436 e. The molecule has 0 spiro atoms. The van der Waals surface area contributed by atoms with Gasteiger partial charge in [-0.25, -0.2) is 9.37 Å². The van der Waals surface area contributed by atoms with E-state index in [-0.39, 0.29) is 17.4 Å². The van der Waals surface area contributed by atoms with E-state index in [0.29, 0.717) is 5.75 Å².